The molecular weight excluding hydrogens is 354 g/mol. The number of nitrogens with one attached hydrogen (secondary N) is 2. The van der Waals surface area contributed by atoms with Gasteiger partial charge in [-0.1, -0.05) is 50.3 Å². The van der Waals surface area contributed by atoms with Crippen molar-refractivity contribution in [1.29, 1.82) is 5.26 Å². The van der Waals surface area contributed by atoms with Gasteiger partial charge in [0.15, 0.2) is 0 Å². The van der Waals surface area contributed by atoms with Gasteiger partial charge in [0.05, 0.1) is 6.07 Å². The summed E-state index contributed by atoms with van der Waals surface area (Å²) in [6.45, 7) is 0.912. The number of amides is 2. The molecule has 1 saturated heterocycles. The first kappa shape index (κ1) is 20.3. The van der Waals surface area contributed by atoms with E-state index in [2.05, 4.69) is 16.7 Å². The normalized spacial score (nSPS) is 20.5. The Balaban J connectivity index is 1.71. The summed E-state index contributed by atoms with van der Waals surface area (Å²) in [6.07, 6.45) is 7.31. The van der Waals surface area contributed by atoms with Crippen LogP contribution in [0.15, 0.2) is 30.3 Å². The van der Waals surface area contributed by atoms with Gasteiger partial charge in [-0.15, -0.1) is 0 Å². The molecule has 1 heterocycles. The minimum Gasteiger partial charge on any atom is -0.381 e. The molecule has 0 bridgehead atoms. The number of hydrogen-bond donors (Lipinski definition) is 2. The monoisotopic (exact) mass is 383 g/mol. The Labute approximate surface area is 166 Å². The maximum absolute atomic E-state index is 13.1. The molecule has 150 valence electrons. The van der Waals surface area contributed by atoms with Gasteiger partial charge in [-0.3, -0.25) is 9.59 Å². The summed E-state index contributed by atoms with van der Waals surface area (Å²) in [5.41, 5.74) is -0.373. The Hall–Kier alpha value is -2.39. The lowest BCUT2D eigenvalue weighted by molar-refractivity contribution is -0.125. The number of carbonyl (C=O) groups is 2. The van der Waals surface area contributed by atoms with E-state index in [1.807, 2.05) is 6.07 Å². The topological polar surface area (TPSA) is 91.2 Å². The Morgan fingerprint density at radius 3 is 2.46 bits per heavy atom. The summed E-state index contributed by atoms with van der Waals surface area (Å²) < 4.78 is 5.34. The molecule has 2 N–H and O–H groups in total. The first-order valence-electron chi connectivity index (χ1n) is 10.3. The second-order valence-corrected chi connectivity index (χ2v) is 7.93. The minimum absolute atomic E-state index is 0.255. The second kappa shape index (κ2) is 9.70. The van der Waals surface area contributed by atoms with E-state index in [-0.39, 0.29) is 11.8 Å². The molecule has 2 amide bonds. The molecule has 28 heavy (non-hydrogen) atoms. The van der Waals surface area contributed by atoms with Gasteiger partial charge in [0.1, 0.15) is 11.6 Å². The lowest BCUT2D eigenvalue weighted by Gasteiger charge is -2.34. The lowest BCUT2D eigenvalue weighted by Crippen LogP contribution is -2.57. The van der Waals surface area contributed by atoms with E-state index in [4.69, 9.17) is 4.74 Å². The van der Waals surface area contributed by atoms with Gasteiger partial charge in [0, 0.05) is 31.6 Å². The fourth-order valence-electron chi connectivity index (χ4n) is 4.13. The number of nitriles is 1. The average molecular weight is 383 g/mol. The third kappa shape index (κ3) is 5.32. The van der Waals surface area contributed by atoms with E-state index >= 15 is 0 Å². The predicted molar refractivity (Wildman–Crippen MR) is 105 cm³/mol. The fraction of sp³-hybridized carbons (Fsp3) is 0.591. The van der Waals surface area contributed by atoms with Crippen molar-refractivity contribution in [3.63, 3.8) is 0 Å². The molecule has 0 radical (unpaired) electrons. The second-order valence-electron chi connectivity index (χ2n) is 7.93. The summed E-state index contributed by atoms with van der Waals surface area (Å²) in [4.78, 5) is 25.8. The summed E-state index contributed by atoms with van der Waals surface area (Å²) in [6, 6.07) is 10.6. The van der Waals surface area contributed by atoms with Gasteiger partial charge in [-0.05, 0) is 24.5 Å². The molecule has 1 aliphatic heterocycles. The zero-order valence-corrected chi connectivity index (χ0v) is 16.3. The zero-order valence-electron chi connectivity index (χ0n) is 16.3. The van der Waals surface area contributed by atoms with Gasteiger partial charge >= 0.3 is 0 Å². The maximum Gasteiger partial charge on any atom is 0.251 e. The van der Waals surface area contributed by atoms with Crippen LogP contribution in [0.3, 0.4) is 0 Å². The van der Waals surface area contributed by atoms with Crippen LogP contribution in [-0.4, -0.2) is 36.6 Å². The van der Waals surface area contributed by atoms with Crippen LogP contribution in [0, 0.1) is 17.2 Å². The van der Waals surface area contributed by atoms with Crippen molar-refractivity contribution in [2.75, 3.05) is 13.2 Å². The molecule has 1 unspecified atom stereocenters. The number of ether oxygens (including phenoxy) is 1. The highest BCUT2D eigenvalue weighted by molar-refractivity contribution is 5.97. The van der Waals surface area contributed by atoms with Crippen LogP contribution in [0.4, 0.5) is 0 Å². The molecule has 1 atom stereocenters. The highest BCUT2D eigenvalue weighted by atomic mass is 16.5. The maximum atomic E-state index is 13.1. The Bertz CT molecular complexity index is 701. The van der Waals surface area contributed by atoms with E-state index in [0.29, 0.717) is 44.0 Å². The summed E-state index contributed by atoms with van der Waals surface area (Å²) in [7, 11) is 0. The highest BCUT2D eigenvalue weighted by Gasteiger charge is 2.37. The largest absolute Gasteiger partial charge is 0.381 e. The molecule has 6 heteroatoms. The Kier molecular flexibility index (Phi) is 7.05. The van der Waals surface area contributed by atoms with Crippen LogP contribution in [0.1, 0.15) is 61.7 Å². The molecule has 1 aliphatic carbocycles. The molecule has 2 fully saturated rings. The van der Waals surface area contributed by atoms with Crippen LogP contribution in [0.2, 0.25) is 0 Å². The number of hydrogen-bond acceptors (Lipinski definition) is 4. The molecule has 2 aliphatic rings. The molecule has 3 rings (SSSR count). The highest BCUT2D eigenvalue weighted by Crippen LogP contribution is 2.28. The summed E-state index contributed by atoms with van der Waals surface area (Å²) in [5.74, 6) is -0.0962. The van der Waals surface area contributed by atoms with Crippen LogP contribution in [0.5, 0.6) is 0 Å². The third-order valence-corrected chi connectivity index (χ3v) is 5.87. The van der Waals surface area contributed by atoms with Gasteiger partial charge < -0.3 is 15.4 Å². The zero-order chi connectivity index (χ0) is 19.8. The lowest BCUT2D eigenvalue weighted by atomic mass is 9.84. The van der Waals surface area contributed by atoms with E-state index in [1.54, 1.807) is 24.3 Å². The van der Waals surface area contributed by atoms with Crippen molar-refractivity contribution in [3.8, 4) is 6.07 Å². The van der Waals surface area contributed by atoms with Gasteiger partial charge in [-0.25, -0.2) is 0 Å². The predicted octanol–water partition coefficient (Wildman–Crippen LogP) is 2.94. The SMILES string of the molecule is N#CC1(NC(=O)C(CC2CCCCC2)NC(=O)c2ccccc2)CCOCC1. The minimum atomic E-state index is -0.905. The van der Waals surface area contributed by atoms with Crippen LogP contribution in [-0.2, 0) is 9.53 Å². The molecule has 0 aromatic heterocycles. The van der Waals surface area contributed by atoms with Crippen LogP contribution < -0.4 is 10.6 Å². The number of rotatable bonds is 6. The van der Waals surface area contributed by atoms with Crippen molar-refractivity contribution in [3.05, 3.63) is 35.9 Å². The number of carbonyl (C=O) groups excluding carboxylic acids is 2. The molecular formula is C22H29N3O3. The molecule has 0 spiro atoms. The van der Waals surface area contributed by atoms with E-state index in [0.717, 1.165) is 12.8 Å². The summed E-state index contributed by atoms with van der Waals surface area (Å²) >= 11 is 0. The van der Waals surface area contributed by atoms with E-state index < -0.39 is 11.6 Å². The first-order chi connectivity index (χ1) is 13.6. The third-order valence-electron chi connectivity index (χ3n) is 5.87. The van der Waals surface area contributed by atoms with Gasteiger partial charge in [-0.2, -0.15) is 5.26 Å². The van der Waals surface area contributed by atoms with Crippen LogP contribution in [0.25, 0.3) is 0 Å². The smallest absolute Gasteiger partial charge is 0.251 e. The van der Waals surface area contributed by atoms with E-state index in [9.17, 15) is 14.9 Å². The first-order valence-corrected chi connectivity index (χ1v) is 10.3. The van der Waals surface area contributed by atoms with Gasteiger partial charge in [0.25, 0.3) is 5.91 Å². The molecule has 6 nitrogen and oxygen atoms in total. The fourth-order valence-corrected chi connectivity index (χ4v) is 4.13. The van der Waals surface area contributed by atoms with Crippen molar-refractivity contribution in [2.24, 2.45) is 5.92 Å². The van der Waals surface area contributed by atoms with Crippen molar-refractivity contribution < 1.29 is 14.3 Å². The van der Waals surface area contributed by atoms with Crippen molar-refractivity contribution >= 4 is 11.8 Å². The van der Waals surface area contributed by atoms with Crippen molar-refractivity contribution in [1.82, 2.24) is 10.6 Å². The molecule has 1 aromatic rings. The summed E-state index contributed by atoms with van der Waals surface area (Å²) in [5, 5.41) is 15.5. The van der Waals surface area contributed by atoms with Gasteiger partial charge in [0.2, 0.25) is 5.91 Å². The van der Waals surface area contributed by atoms with E-state index in [1.165, 1.54) is 19.3 Å². The van der Waals surface area contributed by atoms with Crippen molar-refractivity contribution in [2.45, 2.75) is 62.9 Å². The Morgan fingerprint density at radius 1 is 1.14 bits per heavy atom. The number of benzene rings is 1. The van der Waals surface area contributed by atoms with Crippen LogP contribution >= 0.6 is 0 Å². The number of nitrogens with zero attached hydrogens (tertiary/aromatic N) is 1. The molecule has 1 aromatic carbocycles. The molecule has 1 saturated carbocycles. The average Bonchev–Trinajstić information content (AvgIpc) is 2.75. The quantitative estimate of drug-likeness (QED) is 0.790. The standard InChI is InChI=1S/C22H29N3O3/c23-16-22(11-13-28-14-12-22)25-21(27)19(15-17-7-3-1-4-8-17)24-20(26)18-9-5-2-6-10-18/h2,5-6,9-10,17,19H,1,3-4,7-8,11-15H2,(H,24,26)(H,25,27). The Morgan fingerprint density at radius 2 is 1.82 bits per heavy atom.